The molecule has 0 aliphatic rings. The van der Waals surface area contributed by atoms with Crippen molar-refractivity contribution in [3.63, 3.8) is 0 Å². The van der Waals surface area contributed by atoms with Crippen molar-refractivity contribution in [3.05, 3.63) is 33.8 Å². The fourth-order valence-corrected chi connectivity index (χ4v) is 1.84. The molecule has 0 aliphatic heterocycles. The van der Waals surface area contributed by atoms with E-state index in [4.69, 9.17) is 29.0 Å². The van der Waals surface area contributed by atoms with Crippen molar-refractivity contribution in [1.82, 2.24) is 5.43 Å². The summed E-state index contributed by atoms with van der Waals surface area (Å²) in [5, 5.41) is 0.723. The molecule has 3 nitrogen and oxygen atoms in total. The van der Waals surface area contributed by atoms with E-state index in [2.05, 4.69) is 10.2 Å². The Morgan fingerprint density at radius 3 is 2.43 bits per heavy atom. The van der Waals surface area contributed by atoms with Crippen LogP contribution in [0.1, 0.15) is 5.56 Å². The molecule has 1 unspecified atom stereocenters. The fraction of sp³-hybridized carbons (Fsp3) is 0.500. The van der Waals surface area contributed by atoms with Gasteiger partial charge >= 0.3 is 12.3 Å². The Balaban J connectivity index is 2.50. The van der Waals surface area contributed by atoms with Gasteiger partial charge in [0, 0.05) is 6.04 Å². The van der Waals surface area contributed by atoms with Crippen LogP contribution in [0.15, 0.2) is 18.2 Å². The zero-order valence-electron chi connectivity index (χ0n) is 10.8. The average molecular weight is 349 g/mol. The third-order valence-corrected chi connectivity index (χ3v) is 3.37. The highest BCUT2D eigenvalue weighted by Gasteiger charge is 2.41. The number of benzene rings is 1. The minimum atomic E-state index is -4.18. The van der Waals surface area contributed by atoms with Gasteiger partial charge in [0.2, 0.25) is 0 Å². The van der Waals surface area contributed by atoms with Crippen LogP contribution in [0, 0.1) is 0 Å². The van der Waals surface area contributed by atoms with Crippen LogP contribution in [-0.2, 0) is 11.2 Å². The van der Waals surface area contributed by atoms with Crippen molar-refractivity contribution in [3.8, 4) is 0 Å². The highest BCUT2D eigenvalue weighted by molar-refractivity contribution is 6.42. The maximum atomic E-state index is 12.7. The van der Waals surface area contributed by atoms with E-state index < -0.39 is 25.0 Å². The summed E-state index contributed by atoms with van der Waals surface area (Å²) in [5.74, 6) is 1.10. The molecule has 0 heterocycles. The van der Waals surface area contributed by atoms with Gasteiger partial charge in [-0.3, -0.25) is 11.3 Å². The predicted molar refractivity (Wildman–Crippen MR) is 73.0 cm³/mol. The van der Waals surface area contributed by atoms with E-state index in [9.17, 15) is 17.6 Å². The molecule has 0 spiro atoms. The van der Waals surface area contributed by atoms with Crippen molar-refractivity contribution in [2.45, 2.75) is 24.8 Å². The molecule has 0 bridgehead atoms. The van der Waals surface area contributed by atoms with Crippen LogP contribution in [0.4, 0.5) is 17.6 Å². The summed E-state index contributed by atoms with van der Waals surface area (Å²) in [5.41, 5.74) is 3.11. The van der Waals surface area contributed by atoms with Crippen LogP contribution in [0.5, 0.6) is 0 Å². The highest BCUT2D eigenvalue weighted by Crippen LogP contribution is 2.24. The van der Waals surface area contributed by atoms with Gasteiger partial charge in [0.05, 0.1) is 16.7 Å². The lowest BCUT2D eigenvalue weighted by molar-refractivity contribution is -0.167. The van der Waals surface area contributed by atoms with Crippen molar-refractivity contribution in [2.75, 3.05) is 13.2 Å². The normalized spacial score (nSPS) is 13.7. The van der Waals surface area contributed by atoms with Crippen LogP contribution in [0.3, 0.4) is 0 Å². The Bertz CT molecular complexity index is 463. The number of nitrogens with one attached hydrogen (secondary N) is 1. The van der Waals surface area contributed by atoms with E-state index in [0.717, 1.165) is 5.56 Å². The summed E-state index contributed by atoms with van der Waals surface area (Å²) in [7, 11) is 0. The van der Waals surface area contributed by atoms with E-state index in [0.29, 0.717) is 16.5 Å². The number of rotatable bonds is 8. The van der Waals surface area contributed by atoms with E-state index in [1.54, 1.807) is 18.2 Å². The summed E-state index contributed by atoms with van der Waals surface area (Å²) in [6.07, 6.45) is -3.45. The number of ether oxygens (including phenoxy) is 1. The van der Waals surface area contributed by atoms with E-state index in [1.165, 1.54) is 0 Å². The van der Waals surface area contributed by atoms with Crippen molar-refractivity contribution < 1.29 is 22.3 Å². The van der Waals surface area contributed by atoms with Gasteiger partial charge in [-0.15, -0.1) is 0 Å². The maximum Gasteiger partial charge on any atom is 0.330 e. The molecular weight excluding hydrogens is 335 g/mol. The summed E-state index contributed by atoms with van der Waals surface area (Å²) in [6.45, 7) is -1.62. The first kappa shape index (κ1) is 18.4. The topological polar surface area (TPSA) is 47.3 Å². The molecule has 1 rings (SSSR count). The Hall–Kier alpha value is -0.600. The van der Waals surface area contributed by atoms with Crippen LogP contribution in [0.25, 0.3) is 0 Å². The summed E-state index contributed by atoms with van der Waals surface area (Å²) < 4.78 is 53.8. The van der Waals surface area contributed by atoms with E-state index in [-0.39, 0.29) is 6.61 Å². The van der Waals surface area contributed by atoms with Gasteiger partial charge in [0.1, 0.15) is 6.61 Å². The molecule has 120 valence electrons. The van der Waals surface area contributed by atoms with Crippen LogP contribution in [0.2, 0.25) is 10.0 Å². The molecule has 0 aromatic heterocycles. The smallest absolute Gasteiger partial charge is 0.330 e. The van der Waals surface area contributed by atoms with Gasteiger partial charge in [-0.1, -0.05) is 29.3 Å². The first-order valence-electron chi connectivity index (χ1n) is 5.90. The molecule has 1 atom stereocenters. The van der Waals surface area contributed by atoms with Crippen molar-refractivity contribution >= 4 is 23.2 Å². The molecule has 0 saturated carbocycles. The van der Waals surface area contributed by atoms with Gasteiger partial charge in [-0.25, -0.2) is 8.78 Å². The number of nitrogens with two attached hydrogens (primary N) is 1. The number of hydrogen-bond donors (Lipinski definition) is 2. The first-order valence-corrected chi connectivity index (χ1v) is 6.65. The summed E-state index contributed by atoms with van der Waals surface area (Å²) in [4.78, 5) is 0. The molecule has 0 aliphatic carbocycles. The molecular formula is C12H14Cl2F4N2O. The zero-order chi connectivity index (χ0) is 16.0. The molecule has 3 N–H and O–H groups in total. The summed E-state index contributed by atoms with van der Waals surface area (Å²) >= 11 is 11.6. The second-order valence-electron chi connectivity index (χ2n) is 4.39. The lowest BCUT2D eigenvalue weighted by atomic mass is 10.1. The number of halogens is 6. The Morgan fingerprint density at radius 1 is 1.24 bits per heavy atom. The second-order valence-corrected chi connectivity index (χ2v) is 5.21. The number of alkyl halides is 4. The van der Waals surface area contributed by atoms with Gasteiger partial charge in [0.15, 0.2) is 0 Å². The largest absolute Gasteiger partial charge is 0.373 e. The lowest BCUT2D eigenvalue weighted by Crippen LogP contribution is -2.42. The summed E-state index contributed by atoms with van der Waals surface area (Å²) in [6, 6.07) is 4.34. The van der Waals surface area contributed by atoms with Gasteiger partial charge in [-0.2, -0.15) is 8.78 Å². The zero-order valence-corrected chi connectivity index (χ0v) is 12.3. The van der Waals surface area contributed by atoms with Gasteiger partial charge in [0.25, 0.3) is 0 Å². The third-order valence-electron chi connectivity index (χ3n) is 2.63. The quantitative estimate of drug-likeness (QED) is 0.430. The van der Waals surface area contributed by atoms with Crippen molar-refractivity contribution in [1.29, 1.82) is 0 Å². The Morgan fingerprint density at radius 2 is 1.90 bits per heavy atom. The van der Waals surface area contributed by atoms with Gasteiger partial charge < -0.3 is 4.74 Å². The number of hydrogen-bond acceptors (Lipinski definition) is 3. The minimum absolute atomic E-state index is 0.251. The molecule has 0 saturated heterocycles. The molecule has 9 heteroatoms. The minimum Gasteiger partial charge on any atom is -0.373 e. The lowest BCUT2D eigenvalue weighted by Gasteiger charge is -2.19. The van der Waals surface area contributed by atoms with Crippen LogP contribution < -0.4 is 11.3 Å². The highest BCUT2D eigenvalue weighted by atomic mass is 35.5. The van der Waals surface area contributed by atoms with Crippen LogP contribution in [-0.4, -0.2) is 31.6 Å². The third kappa shape index (κ3) is 5.96. The molecule has 0 radical (unpaired) electrons. The van der Waals surface area contributed by atoms with Crippen molar-refractivity contribution in [2.24, 2.45) is 5.84 Å². The monoisotopic (exact) mass is 348 g/mol. The average Bonchev–Trinajstić information content (AvgIpc) is 2.41. The first-order chi connectivity index (χ1) is 9.76. The molecule has 0 amide bonds. The molecule has 0 fully saturated rings. The van der Waals surface area contributed by atoms with E-state index >= 15 is 0 Å². The molecule has 1 aromatic rings. The van der Waals surface area contributed by atoms with E-state index in [1.807, 2.05) is 0 Å². The standard InChI is InChI=1S/C12H14Cl2F4N2O/c13-9-2-1-7(4-10(9)14)3-8(20-19)5-21-6-12(17,18)11(15)16/h1-2,4,8,11,20H,3,5-6,19H2. The number of hydrazine groups is 1. The Labute approximate surface area is 129 Å². The molecule has 1 aromatic carbocycles. The Kier molecular flexibility index (Phi) is 7.15. The van der Waals surface area contributed by atoms with Crippen LogP contribution >= 0.6 is 23.2 Å². The SMILES string of the molecule is NNC(COCC(F)(F)C(F)F)Cc1ccc(Cl)c(Cl)c1. The second kappa shape index (κ2) is 8.14. The predicted octanol–water partition coefficient (Wildman–Crippen LogP) is 3.28. The maximum absolute atomic E-state index is 12.7. The molecule has 21 heavy (non-hydrogen) atoms. The fourth-order valence-electron chi connectivity index (χ4n) is 1.52. The van der Waals surface area contributed by atoms with Gasteiger partial charge in [-0.05, 0) is 24.1 Å².